The number of esters is 1. The van der Waals surface area contributed by atoms with Gasteiger partial charge in [-0.25, -0.2) is 9.97 Å². The van der Waals surface area contributed by atoms with Crippen LogP contribution in [0.2, 0.25) is 0 Å². The molecular formula is C10H16N4O2. The van der Waals surface area contributed by atoms with Crippen molar-refractivity contribution in [3.63, 3.8) is 0 Å². The number of hydrogen-bond donors (Lipinski definition) is 1. The van der Waals surface area contributed by atoms with Crippen LogP contribution in [0.15, 0.2) is 12.4 Å². The summed E-state index contributed by atoms with van der Waals surface area (Å²) in [4.78, 5) is 20.9. The van der Waals surface area contributed by atoms with Gasteiger partial charge in [-0.3, -0.25) is 4.79 Å². The lowest BCUT2D eigenvalue weighted by atomic mass is 10.3. The lowest BCUT2D eigenvalue weighted by Crippen LogP contribution is -2.36. The van der Waals surface area contributed by atoms with Crippen molar-refractivity contribution in [1.29, 1.82) is 0 Å². The van der Waals surface area contributed by atoms with E-state index in [0.29, 0.717) is 11.6 Å². The van der Waals surface area contributed by atoms with E-state index in [1.807, 2.05) is 13.8 Å². The Hall–Kier alpha value is -1.85. The first-order chi connectivity index (χ1) is 7.54. The number of nitrogen functional groups attached to an aromatic ring is 1. The lowest BCUT2D eigenvalue weighted by Gasteiger charge is -2.26. The fourth-order valence-corrected chi connectivity index (χ4v) is 1.25. The molecule has 0 unspecified atom stereocenters. The molecule has 6 nitrogen and oxygen atoms in total. The van der Waals surface area contributed by atoms with Crippen LogP contribution in [0, 0.1) is 0 Å². The minimum Gasteiger partial charge on any atom is -0.468 e. The molecule has 0 saturated heterocycles. The maximum atomic E-state index is 11.2. The van der Waals surface area contributed by atoms with E-state index in [4.69, 9.17) is 5.73 Å². The third-order valence-electron chi connectivity index (χ3n) is 2.12. The van der Waals surface area contributed by atoms with Crippen LogP contribution in [0.1, 0.15) is 13.8 Å². The van der Waals surface area contributed by atoms with Gasteiger partial charge in [-0.05, 0) is 13.8 Å². The molecule has 0 atom stereocenters. The number of nitrogens with zero attached hydrogens (tertiary/aromatic N) is 3. The number of carbonyl (C=O) groups is 1. The Morgan fingerprint density at radius 3 is 2.75 bits per heavy atom. The van der Waals surface area contributed by atoms with Gasteiger partial charge in [-0.1, -0.05) is 0 Å². The number of hydrogen-bond acceptors (Lipinski definition) is 6. The molecule has 1 heterocycles. The SMILES string of the molecule is COC(=O)CN(c1cc(N)ncn1)C(C)C. The van der Waals surface area contributed by atoms with Crippen LogP contribution in [-0.2, 0) is 9.53 Å². The summed E-state index contributed by atoms with van der Waals surface area (Å²) in [7, 11) is 1.36. The minimum absolute atomic E-state index is 0.119. The van der Waals surface area contributed by atoms with Crippen LogP contribution in [0.25, 0.3) is 0 Å². The van der Waals surface area contributed by atoms with E-state index in [0.717, 1.165) is 0 Å². The fourth-order valence-electron chi connectivity index (χ4n) is 1.25. The molecule has 0 aliphatic carbocycles. The van der Waals surface area contributed by atoms with Gasteiger partial charge < -0.3 is 15.4 Å². The normalized spacial score (nSPS) is 10.2. The molecule has 0 bridgehead atoms. The molecule has 0 spiro atoms. The smallest absolute Gasteiger partial charge is 0.325 e. The first-order valence-corrected chi connectivity index (χ1v) is 4.95. The fraction of sp³-hybridized carbons (Fsp3) is 0.500. The molecule has 0 radical (unpaired) electrons. The summed E-state index contributed by atoms with van der Waals surface area (Å²) < 4.78 is 4.63. The van der Waals surface area contributed by atoms with Crippen molar-refractivity contribution >= 4 is 17.6 Å². The zero-order chi connectivity index (χ0) is 12.1. The molecule has 88 valence electrons. The Labute approximate surface area is 94.4 Å². The zero-order valence-corrected chi connectivity index (χ0v) is 9.67. The van der Waals surface area contributed by atoms with E-state index in [2.05, 4.69) is 14.7 Å². The number of anilines is 2. The monoisotopic (exact) mass is 224 g/mol. The second-order valence-electron chi connectivity index (χ2n) is 3.60. The molecule has 0 fully saturated rings. The Bertz CT molecular complexity index is 368. The van der Waals surface area contributed by atoms with Gasteiger partial charge in [0.15, 0.2) is 0 Å². The molecule has 1 aromatic rings. The highest BCUT2D eigenvalue weighted by Gasteiger charge is 2.16. The summed E-state index contributed by atoms with van der Waals surface area (Å²) in [6.45, 7) is 4.06. The molecule has 6 heteroatoms. The number of carbonyl (C=O) groups excluding carboxylic acids is 1. The summed E-state index contributed by atoms with van der Waals surface area (Å²) in [5.41, 5.74) is 5.57. The summed E-state index contributed by atoms with van der Waals surface area (Å²) in [5.74, 6) is 0.680. The Morgan fingerprint density at radius 1 is 1.56 bits per heavy atom. The van der Waals surface area contributed by atoms with Crippen molar-refractivity contribution in [3.8, 4) is 0 Å². The molecule has 0 aromatic carbocycles. The molecule has 1 rings (SSSR count). The topological polar surface area (TPSA) is 81.3 Å². The van der Waals surface area contributed by atoms with Crippen LogP contribution >= 0.6 is 0 Å². The van der Waals surface area contributed by atoms with E-state index in [1.165, 1.54) is 13.4 Å². The molecule has 0 amide bonds. The van der Waals surface area contributed by atoms with E-state index in [9.17, 15) is 4.79 Å². The van der Waals surface area contributed by atoms with E-state index >= 15 is 0 Å². The standard InChI is InChI=1S/C10H16N4O2/c1-7(2)14(5-10(15)16-3)9-4-8(11)12-6-13-9/h4,6-7H,5H2,1-3H3,(H2,11,12,13). The number of rotatable bonds is 4. The Morgan fingerprint density at radius 2 is 2.25 bits per heavy atom. The van der Waals surface area contributed by atoms with Crippen LogP contribution in [0.3, 0.4) is 0 Å². The Balaban J connectivity index is 2.89. The molecule has 16 heavy (non-hydrogen) atoms. The van der Waals surface area contributed by atoms with E-state index in [1.54, 1.807) is 11.0 Å². The molecule has 0 saturated carbocycles. The van der Waals surface area contributed by atoms with Crippen molar-refractivity contribution in [1.82, 2.24) is 9.97 Å². The van der Waals surface area contributed by atoms with Gasteiger partial charge in [-0.15, -0.1) is 0 Å². The van der Waals surface area contributed by atoms with E-state index in [-0.39, 0.29) is 18.6 Å². The zero-order valence-electron chi connectivity index (χ0n) is 9.67. The molecule has 1 aromatic heterocycles. The highest BCUT2D eigenvalue weighted by atomic mass is 16.5. The Kier molecular flexibility index (Phi) is 4.04. The number of methoxy groups -OCH3 is 1. The van der Waals surface area contributed by atoms with Crippen LogP contribution in [0.5, 0.6) is 0 Å². The third-order valence-corrected chi connectivity index (χ3v) is 2.12. The second-order valence-corrected chi connectivity index (χ2v) is 3.60. The van der Waals surface area contributed by atoms with Crippen LogP contribution < -0.4 is 10.6 Å². The van der Waals surface area contributed by atoms with Gasteiger partial charge in [0, 0.05) is 12.1 Å². The maximum Gasteiger partial charge on any atom is 0.325 e. The summed E-state index contributed by atoms with van der Waals surface area (Å²) in [5, 5.41) is 0. The molecule has 2 N–H and O–H groups in total. The van der Waals surface area contributed by atoms with Gasteiger partial charge >= 0.3 is 5.97 Å². The first kappa shape index (κ1) is 12.2. The van der Waals surface area contributed by atoms with Gasteiger partial charge in [-0.2, -0.15) is 0 Å². The summed E-state index contributed by atoms with van der Waals surface area (Å²) in [6.07, 6.45) is 1.37. The van der Waals surface area contributed by atoms with Crippen LogP contribution in [-0.4, -0.2) is 35.6 Å². The number of aromatic nitrogens is 2. The van der Waals surface area contributed by atoms with Crippen molar-refractivity contribution in [2.24, 2.45) is 0 Å². The quantitative estimate of drug-likeness (QED) is 0.748. The summed E-state index contributed by atoms with van der Waals surface area (Å²) >= 11 is 0. The van der Waals surface area contributed by atoms with E-state index < -0.39 is 0 Å². The highest BCUT2D eigenvalue weighted by Crippen LogP contribution is 2.14. The predicted octanol–water partition coefficient (Wildman–Crippen LogP) is 0.447. The largest absolute Gasteiger partial charge is 0.468 e. The molecule has 0 aliphatic heterocycles. The van der Waals surface area contributed by atoms with Gasteiger partial charge in [0.1, 0.15) is 24.5 Å². The second kappa shape index (κ2) is 5.29. The third kappa shape index (κ3) is 3.08. The lowest BCUT2D eigenvalue weighted by molar-refractivity contribution is -0.139. The van der Waals surface area contributed by atoms with Crippen molar-refractivity contribution < 1.29 is 9.53 Å². The predicted molar refractivity (Wildman–Crippen MR) is 60.9 cm³/mol. The van der Waals surface area contributed by atoms with Crippen molar-refractivity contribution in [2.75, 3.05) is 24.3 Å². The minimum atomic E-state index is -0.314. The van der Waals surface area contributed by atoms with Gasteiger partial charge in [0.2, 0.25) is 0 Å². The first-order valence-electron chi connectivity index (χ1n) is 4.95. The average Bonchev–Trinajstić information content (AvgIpc) is 2.25. The van der Waals surface area contributed by atoms with Crippen molar-refractivity contribution in [2.45, 2.75) is 19.9 Å². The number of nitrogens with two attached hydrogens (primary N) is 1. The van der Waals surface area contributed by atoms with Gasteiger partial charge in [0.25, 0.3) is 0 Å². The summed E-state index contributed by atoms with van der Waals surface area (Å²) in [6, 6.07) is 1.75. The number of ether oxygens (including phenoxy) is 1. The van der Waals surface area contributed by atoms with Crippen molar-refractivity contribution in [3.05, 3.63) is 12.4 Å². The molecular weight excluding hydrogens is 208 g/mol. The maximum absolute atomic E-state index is 11.2. The average molecular weight is 224 g/mol. The molecule has 0 aliphatic rings. The highest BCUT2D eigenvalue weighted by molar-refractivity contribution is 5.75. The van der Waals surface area contributed by atoms with Gasteiger partial charge in [0.05, 0.1) is 7.11 Å². The van der Waals surface area contributed by atoms with Crippen LogP contribution in [0.4, 0.5) is 11.6 Å².